The highest BCUT2D eigenvalue weighted by atomic mass is 16.3. The Morgan fingerprint density at radius 1 is 1.40 bits per heavy atom. The summed E-state index contributed by atoms with van der Waals surface area (Å²) in [6.45, 7) is 3.11. The van der Waals surface area contributed by atoms with Gasteiger partial charge in [-0.2, -0.15) is 0 Å². The molecule has 1 unspecified atom stereocenters. The van der Waals surface area contributed by atoms with Crippen LogP contribution in [0.5, 0.6) is 0 Å². The van der Waals surface area contributed by atoms with Gasteiger partial charge in [-0.1, -0.05) is 6.42 Å². The lowest BCUT2D eigenvalue weighted by atomic mass is 10.1. The minimum Gasteiger partial charge on any atom is -0.468 e. The number of guanidine groups is 1. The zero-order valence-electron chi connectivity index (χ0n) is 12.8. The number of aliphatic imine (C=N–C) groups is 1. The van der Waals surface area contributed by atoms with Crippen LogP contribution in [-0.2, 0) is 0 Å². The SMILES string of the molecule is CN=C(NCC(c1ccco1)N1CCCCC1)N(C)C. The van der Waals surface area contributed by atoms with E-state index in [0.717, 1.165) is 31.4 Å². The summed E-state index contributed by atoms with van der Waals surface area (Å²) in [7, 11) is 5.81. The van der Waals surface area contributed by atoms with Crippen LogP contribution >= 0.6 is 0 Å². The molecule has 1 aliphatic heterocycles. The quantitative estimate of drug-likeness (QED) is 0.675. The molecule has 1 aromatic heterocycles. The van der Waals surface area contributed by atoms with Crippen molar-refractivity contribution in [1.82, 2.24) is 15.1 Å². The fraction of sp³-hybridized carbons (Fsp3) is 0.667. The second-order valence-corrected chi connectivity index (χ2v) is 5.45. The fourth-order valence-corrected chi connectivity index (χ4v) is 2.75. The molecule has 0 radical (unpaired) electrons. The third-order valence-electron chi connectivity index (χ3n) is 3.79. The normalized spacial score (nSPS) is 18.9. The Kier molecular flexibility index (Phi) is 5.47. The topological polar surface area (TPSA) is 44.0 Å². The molecule has 1 N–H and O–H groups in total. The molecule has 0 aliphatic carbocycles. The minimum atomic E-state index is 0.280. The summed E-state index contributed by atoms with van der Waals surface area (Å²) in [5.41, 5.74) is 0. The molecule has 0 spiro atoms. The number of nitrogens with one attached hydrogen (secondary N) is 1. The Bertz CT molecular complexity index is 408. The first-order valence-electron chi connectivity index (χ1n) is 7.38. The summed E-state index contributed by atoms with van der Waals surface area (Å²) in [6, 6.07) is 4.31. The molecule has 0 amide bonds. The molecule has 1 atom stereocenters. The van der Waals surface area contributed by atoms with Crippen molar-refractivity contribution in [2.45, 2.75) is 25.3 Å². The maximum atomic E-state index is 5.64. The molecule has 0 saturated carbocycles. The van der Waals surface area contributed by atoms with Crippen molar-refractivity contribution in [1.29, 1.82) is 0 Å². The number of piperidine rings is 1. The monoisotopic (exact) mass is 278 g/mol. The first-order valence-corrected chi connectivity index (χ1v) is 7.38. The number of hydrogen-bond acceptors (Lipinski definition) is 3. The molecule has 5 heteroatoms. The Labute approximate surface area is 121 Å². The van der Waals surface area contributed by atoms with Crippen molar-refractivity contribution in [3.63, 3.8) is 0 Å². The predicted octanol–water partition coefficient (Wildman–Crippen LogP) is 1.94. The standard InChI is InChI=1S/C15H26N4O/c1-16-15(18(2)3)17-12-13(14-8-7-11-20-14)19-9-5-4-6-10-19/h7-8,11,13H,4-6,9-10,12H2,1-3H3,(H,16,17). The van der Waals surface area contributed by atoms with E-state index < -0.39 is 0 Å². The lowest BCUT2D eigenvalue weighted by molar-refractivity contribution is 0.146. The van der Waals surface area contributed by atoms with E-state index in [2.05, 4.69) is 21.3 Å². The molecular weight excluding hydrogens is 252 g/mol. The van der Waals surface area contributed by atoms with Crippen molar-refractivity contribution in [3.8, 4) is 0 Å². The van der Waals surface area contributed by atoms with Crippen molar-refractivity contribution >= 4 is 5.96 Å². The Morgan fingerprint density at radius 2 is 2.15 bits per heavy atom. The molecule has 2 heterocycles. The summed E-state index contributed by atoms with van der Waals surface area (Å²) in [5, 5.41) is 3.43. The zero-order chi connectivity index (χ0) is 14.4. The van der Waals surface area contributed by atoms with Gasteiger partial charge in [0.1, 0.15) is 5.76 Å². The van der Waals surface area contributed by atoms with E-state index in [1.807, 2.05) is 32.1 Å². The fourth-order valence-electron chi connectivity index (χ4n) is 2.75. The van der Waals surface area contributed by atoms with Crippen LogP contribution in [-0.4, -0.2) is 56.5 Å². The van der Waals surface area contributed by atoms with Crippen LogP contribution in [0.4, 0.5) is 0 Å². The third-order valence-corrected chi connectivity index (χ3v) is 3.79. The summed E-state index contributed by atoms with van der Waals surface area (Å²) >= 11 is 0. The van der Waals surface area contributed by atoms with Gasteiger partial charge in [0.25, 0.3) is 0 Å². The Hall–Kier alpha value is -1.49. The van der Waals surface area contributed by atoms with E-state index in [-0.39, 0.29) is 6.04 Å². The van der Waals surface area contributed by atoms with E-state index in [1.54, 1.807) is 6.26 Å². The second kappa shape index (κ2) is 7.33. The summed E-state index contributed by atoms with van der Waals surface area (Å²) < 4.78 is 5.64. The molecule has 112 valence electrons. The van der Waals surface area contributed by atoms with Crippen LogP contribution in [0.15, 0.2) is 27.8 Å². The van der Waals surface area contributed by atoms with Gasteiger partial charge in [0, 0.05) is 27.7 Å². The number of rotatable bonds is 4. The number of furan rings is 1. The third kappa shape index (κ3) is 3.76. The van der Waals surface area contributed by atoms with Gasteiger partial charge in [0.05, 0.1) is 12.3 Å². The van der Waals surface area contributed by atoms with E-state index in [9.17, 15) is 0 Å². The lowest BCUT2D eigenvalue weighted by Crippen LogP contribution is -2.43. The molecule has 1 saturated heterocycles. The molecule has 1 fully saturated rings. The van der Waals surface area contributed by atoms with Gasteiger partial charge in [0.15, 0.2) is 5.96 Å². The molecule has 2 rings (SSSR count). The molecule has 1 aliphatic rings. The van der Waals surface area contributed by atoms with Crippen LogP contribution in [0, 0.1) is 0 Å². The molecular formula is C15H26N4O. The molecule has 5 nitrogen and oxygen atoms in total. The van der Waals surface area contributed by atoms with E-state index in [1.165, 1.54) is 19.3 Å². The van der Waals surface area contributed by atoms with Crippen LogP contribution in [0.2, 0.25) is 0 Å². The minimum absolute atomic E-state index is 0.280. The van der Waals surface area contributed by atoms with Gasteiger partial charge >= 0.3 is 0 Å². The molecule has 0 bridgehead atoms. The van der Waals surface area contributed by atoms with Crippen molar-refractivity contribution < 1.29 is 4.42 Å². The molecule has 0 aromatic carbocycles. The Balaban J connectivity index is 2.03. The van der Waals surface area contributed by atoms with E-state index >= 15 is 0 Å². The highest BCUT2D eigenvalue weighted by Crippen LogP contribution is 2.24. The van der Waals surface area contributed by atoms with E-state index in [0.29, 0.717) is 0 Å². The average molecular weight is 278 g/mol. The van der Waals surface area contributed by atoms with Gasteiger partial charge in [-0.05, 0) is 38.1 Å². The van der Waals surface area contributed by atoms with Gasteiger partial charge in [0.2, 0.25) is 0 Å². The Morgan fingerprint density at radius 3 is 2.70 bits per heavy atom. The molecule has 1 aromatic rings. The van der Waals surface area contributed by atoms with Gasteiger partial charge < -0.3 is 14.6 Å². The second-order valence-electron chi connectivity index (χ2n) is 5.45. The van der Waals surface area contributed by atoms with Crippen molar-refractivity contribution in [2.75, 3.05) is 40.8 Å². The van der Waals surface area contributed by atoms with Crippen molar-refractivity contribution in [3.05, 3.63) is 24.2 Å². The highest BCUT2D eigenvalue weighted by molar-refractivity contribution is 5.79. The first-order chi connectivity index (χ1) is 9.72. The van der Waals surface area contributed by atoms with Crippen LogP contribution in [0.3, 0.4) is 0 Å². The average Bonchev–Trinajstić information content (AvgIpc) is 2.98. The van der Waals surface area contributed by atoms with Crippen LogP contribution in [0.25, 0.3) is 0 Å². The van der Waals surface area contributed by atoms with Gasteiger partial charge in [-0.25, -0.2) is 0 Å². The zero-order valence-corrected chi connectivity index (χ0v) is 12.8. The number of hydrogen-bond donors (Lipinski definition) is 1. The summed E-state index contributed by atoms with van der Waals surface area (Å²) in [4.78, 5) is 8.78. The predicted molar refractivity (Wildman–Crippen MR) is 81.9 cm³/mol. The summed E-state index contributed by atoms with van der Waals surface area (Å²) in [5.74, 6) is 1.94. The lowest BCUT2D eigenvalue weighted by Gasteiger charge is -2.34. The van der Waals surface area contributed by atoms with E-state index in [4.69, 9.17) is 4.42 Å². The number of likely N-dealkylation sites (tertiary alicyclic amines) is 1. The van der Waals surface area contributed by atoms with Gasteiger partial charge in [-0.15, -0.1) is 0 Å². The van der Waals surface area contributed by atoms with Gasteiger partial charge in [-0.3, -0.25) is 9.89 Å². The summed E-state index contributed by atoms with van der Waals surface area (Å²) in [6.07, 6.45) is 5.65. The van der Waals surface area contributed by atoms with Crippen LogP contribution < -0.4 is 5.32 Å². The number of nitrogens with zero attached hydrogens (tertiary/aromatic N) is 3. The van der Waals surface area contributed by atoms with Crippen molar-refractivity contribution in [2.24, 2.45) is 4.99 Å². The first kappa shape index (κ1) is 14.9. The maximum Gasteiger partial charge on any atom is 0.193 e. The largest absolute Gasteiger partial charge is 0.468 e. The van der Waals surface area contributed by atoms with Crippen LogP contribution in [0.1, 0.15) is 31.1 Å². The highest BCUT2D eigenvalue weighted by Gasteiger charge is 2.24. The maximum absolute atomic E-state index is 5.64. The molecule has 20 heavy (non-hydrogen) atoms. The smallest absolute Gasteiger partial charge is 0.193 e.